The summed E-state index contributed by atoms with van der Waals surface area (Å²) in [6.45, 7) is 6.24. The van der Waals surface area contributed by atoms with Crippen LogP contribution in [0.4, 0.5) is 0 Å². The Kier molecular flexibility index (Phi) is 6.65. The van der Waals surface area contributed by atoms with Crippen LogP contribution in [0.1, 0.15) is 36.3 Å². The van der Waals surface area contributed by atoms with E-state index in [1.807, 2.05) is 36.9 Å². The summed E-state index contributed by atoms with van der Waals surface area (Å²) in [5.41, 5.74) is 1.96. The van der Waals surface area contributed by atoms with Crippen molar-refractivity contribution >= 4 is 23.2 Å². The van der Waals surface area contributed by atoms with Gasteiger partial charge in [-0.2, -0.15) is 0 Å². The molecule has 2 aromatic heterocycles. The molecule has 3 aromatic rings. The number of carbonyl (C=O) groups excluding carboxylic acids is 2. The van der Waals surface area contributed by atoms with Gasteiger partial charge in [0.1, 0.15) is 5.69 Å². The average Bonchev–Trinajstić information content (AvgIpc) is 3.52. The van der Waals surface area contributed by atoms with Crippen molar-refractivity contribution in [1.82, 2.24) is 19.8 Å². The Bertz CT molecular complexity index is 1070. The molecule has 1 fully saturated rings. The van der Waals surface area contributed by atoms with Crippen LogP contribution in [0, 0.1) is 5.41 Å². The van der Waals surface area contributed by atoms with Gasteiger partial charge in [0, 0.05) is 43.4 Å². The molecule has 7 heteroatoms. The van der Waals surface area contributed by atoms with Crippen LogP contribution < -0.4 is 0 Å². The molecule has 4 rings (SSSR count). The summed E-state index contributed by atoms with van der Waals surface area (Å²) in [5, 5.41) is 2.07. The van der Waals surface area contributed by atoms with Gasteiger partial charge in [0.25, 0.3) is 5.91 Å². The molecule has 1 aliphatic rings. The normalized spacial score (nSPS) is 18.0. The highest BCUT2D eigenvalue weighted by atomic mass is 32.1. The zero-order valence-corrected chi connectivity index (χ0v) is 19.3. The third kappa shape index (κ3) is 4.30. The Morgan fingerprint density at radius 3 is 2.62 bits per heavy atom. The molecule has 1 saturated heterocycles. The van der Waals surface area contributed by atoms with Gasteiger partial charge in [-0.25, -0.2) is 4.98 Å². The summed E-state index contributed by atoms with van der Waals surface area (Å²) in [5.74, 6) is -0.0446. The Balaban J connectivity index is 1.68. The van der Waals surface area contributed by atoms with E-state index in [9.17, 15) is 9.59 Å². The van der Waals surface area contributed by atoms with E-state index in [1.165, 1.54) is 17.3 Å². The summed E-state index contributed by atoms with van der Waals surface area (Å²) in [7, 11) is 0. The van der Waals surface area contributed by atoms with Crippen molar-refractivity contribution in [2.24, 2.45) is 5.41 Å². The van der Waals surface area contributed by atoms with Crippen molar-refractivity contribution in [3.63, 3.8) is 0 Å². The lowest BCUT2D eigenvalue weighted by atomic mass is 9.78. The second-order valence-electron chi connectivity index (χ2n) is 8.14. The Morgan fingerprint density at radius 1 is 1.12 bits per heavy atom. The van der Waals surface area contributed by atoms with Crippen molar-refractivity contribution in [3.05, 3.63) is 71.6 Å². The minimum Gasteiger partial charge on any atom is -0.343 e. The first-order chi connectivity index (χ1) is 15.6. The highest BCUT2D eigenvalue weighted by molar-refractivity contribution is 7.13. The van der Waals surface area contributed by atoms with Crippen LogP contribution >= 0.6 is 11.3 Å². The molecule has 6 nitrogen and oxygen atoms in total. The topological polar surface area (TPSA) is 66.4 Å². The van der Waals surface area contributed by atoms with Crippen LogP contribution in [0.15, 0.2) is 60.4 Å². The van der Waals surface area contributed by atoms with E-state index in [0.717, 1.165) is 11.1 Å². The second kappa shape index (κ2) is 9.61. The molecule has 0 radical (unpaired) electrons. The van der Waals surface area contributed by atoms with Gasteiger partial charge >= 0.3 is 0 Å². The molecule has 0 aliphatic carbocycles. The van der Waals surface area contributed by atoms with E-state index < -0.39 is 5.41 Å². The lowest BCUT2D eigenvalue weighted by Gasteiger charge is -2.34. The number of rotatable bonds is 7. The third-order valence-corrected chi connectivity index (χ3v) is 7.16. The van der Waals surface area contributed by atoms with E-state index in [2.05, 4.69) is 33.5 Å². The summed E-state index contributed by atoms with van der Waals surface area (Å²) >= 11 is 1.70. The highest BCUT2D eigenvalue weighted by Crippen LogP contribution is 2.40. The summed E-state index contributed by atoms with van der Waals surface area (Å²) < 4.78 is 0. The van der Waals surface area contributed by atoms with Gasteiger partial charge in [0.2, 0.25) is 5.91 Å². The van der Waals surface area contributed by atoms with Crippen molar-refractivity contribution in [1.29, 1.82) is 0 Å². The first-order valence-electron chi connectivity index (χ1n) is 11.0. The minimum atomic E-state index is -0.656. The molecule has 1 aromatic carbocycles. The molecular formula is C25H28N4O2S. The van der Waals surface area contributed by atoms with Crippen LogP contribution in [-0.4, -0.2) is 57.8 Å². The number of carbonyl (C=O) groups is 2. The number of benzene rings is 1. The van der Waals surface area contributed by atoms with Gasteiger partial charge in [-0.3, -0.25) is 14.6 Å². The molecule has 3 heterocycles. The van der Waals surface area contributed by atoms with Crippen molar-refractivity contribution < 1.29 is 9.59 Å². The second-order valence-corrected chi connectivity index (χ2v) is 9.08. The third-order valence-electron chi connectivity index (χ3n) is 6.26. The fourth-order valence-electron chi connectivity index (χ4n) is 4.57. The molecule has 166 valence electrons. The summed E-state index contributed by atoms with van der Waals surface area (Å²) in [4.78, 5) is 39.9. The van der Waals surface area contributed by atoms with Gasteiger partial charge < -0.3 is 9.80 Å². The molecule has 2 amide bonds. The predicted molar refractivity (Wildman–Crippen MR) is 126 cm³/mol. The zero-order valence-electron chi connectivity index (χ0n) is 18.5. The van der Waals surface area contributed by atoms with E-state index in [0.29, 0.717) is 44.7 Å². The molecular weight excluding hydrogens is 420 g/mol. The number of likely N-dealkylation sites (tertiary alicyclic amines) is 1. The lowest BCUT2D eigenvalue weighted by molar-refractivity contribution is -0.141. The fraction of sp³-hybridized carbons (Fsp3) is 0.360. The maximum Gasteiger partial charge on any atom is 0.274 e. The summed E-state index contributed by atoms with van der Waals surface area (Å²) in [6, 6.07) is 12.5. The number of aromatic nitrogens is 2. The first-order valence-corrected chi connectivity index (χ1v) is 11.9. The number of hydrogen-bond donors (Lipinski definition) is 0. The van der Waals surface area contributed by atoms with Crippen molar-refractivity contribution in [2.45, 2.75) is 26.7 Å². The van der Waals surface area contributed by atoms with Gasteiger partial charge in [-0.05, 0) is 49.3 Å². The number of amides is 2. The van der Waals surface area contributed by atoms with Crippen LogP contribution in [0.5, 0.6) is 0 Å². The smallest absolute Gasteiger partial charge is 0.274 e. The highest BCUT2D eigenvalue weighted by Gasteiger charge is 2.48. The van der Waals surface area contributed by atoms with E-state index in [4.69, 9.17) is 0 Å². The molecule has 0 spiro atoms. The van der Waals surface area contributed by atoms with Crippen molar-refractivity contribution in [2.75, 3.05) is 26.2 Å². The largest absolute Gasteiger partial charge is 0.343 e. The predicted octanol–water partition coefficient (Wildman–Crippen LogP) is 4.15. The number of nitrogens with zero attached hydrogens (tertiary/aromatic N) is 4. The van der Waals surface area contributed by atoms with Gasteiger partial charge in [0.05, 0.1) is 11.6 Å². The quantitative estimate of drug-likeness (QED) is 0.545. The molecule has 1 aliphatic heterocycles. The van der Waals surface area contributed by atoms with Gasteiger partial charge in [0.15, 0.2) is 0 Å². The SMILES string of the molecule is CCN(CC)C(=O)[C@]1(Cc2ccccc2-c2cccs2)CCN(C(=O)c2cnccn2)C1. The molecule has 0 N–H and O–H groups in total. The van der Waals surface area contributed by atoms with E-state index in [1.54, 1.807) is 22.4 Å². The number of thiophene rings is 1. The molecule has 32 heavy (non-hydrogen) atoms. The molecule has 0 unspecified atom stereocenters. The van der Waals surface area contributed by atoms with Crippen LogP contribution in [0.2, 0.25) is 0 Å². The van der Waals surface area contributed by atoms with Crippen LogP contribution in [0.3, 0.4) is 0 Å². The maximum absolute atomic E-state index is 13.8. The monoisotopic (exact) mass is 448 g/mol. The van der Waals surface area contributed by atoms with E-state index >= 15 is 0 Å². The van der Waals surface area contributed by atoms with Crippen LogP contribution in [-0.2, 0) is 11.2 Å². The summed E-state index contributed by atoms with van der Waals surface area (Å²) in [6.07, 6.45) is 5.79. The lowest BCUT2D eigenvalue weighted by Crippen LogP contribution is -2.47. The Labute approximate surface area is 192 Å². The minimum absolute atomic E-state index is 0.123. The average molecular weight is 449 g/mol. The Hall–Kier alpha value is -3.06. The molecule has 0 saturated carbocycles. The standard InChI is InChI=1S/C25H28N4O2S/c1-3-28(4-2)24(31)25(11-14-29(18-25)23(30)21-17-26-12-13-27-21)16-19-8-5-6-9-20(19)22-10-7-15-32-22/h5-10,12-13,15,17H,3-4,11,14,16,18H2,1-2H3/t25-/m0/s1. The van der Waals surface area contributed by atoms with Gasteiger partial charge in [-0.1, -0.05) is 30.3 Å². The molecule has 0 bridgehead atoms. The first kappa shape index (κ1) is 22.1. The fourth-order valence-corrected chi connectivity index (χ4v) is 5.36. The van der Waals surface area contributed by atoms with Crippen LogP contribution in [0.25, 0.3) is 10.4 Å². The number of hydrogen-bond acceptors (Lipinski definition) is 5. The maximum atomic E-state index is 13.8. The zero-order chi connectivity index (χ0) is 22.6. The Morgan fingerprint density at radius 2 is 1.94 bits per heavy atom. The van der Waals surface area contributed by atoms with Crippen molar-refractivity contribution in [3.8, 4) is 10.4 Å². The van der Waals surface area contributed by atoms with E-state index in [-0.39, 0.29) is 11.8 Å². The molecule has 1 atom stereocenters. The van der Waals surface area contributed by atoms with Gasteiger partial charge in [-0.15, -0.1) is 11.3 Å².